The summed E-state index contributed by atoms with van der Waals surface area (Å²) < 4.78 is 38.1. The van der Waals surface area contributed by atoms with Gasteiger partial charge in [0.05, 0.1) is 38.2 Å². The van der Waals surface area contributed by atoms with E-state index in [9.17, 15) is 18.5 Å². The second kappa shape index (κ2) is 9.69. The van der Waals surface area contributed by atoms with Gasteiger partial charge < -0.3 is 14.8 Å². The van der Waals surface area contributed by atoms with Crippen LogP contribution in [0.2, 0.25) is 0 Å². The Morgan fingerprint density at radius 1 is 1.19 bits per heavy atom. The molecule has 1 aliphatic rings. The largest absolute Gasteiger partial charge is 0.495 e. The molecule has 1 amide bonds. The molecule has 8 nitrogen and oxygen atoms in total. The van der Waals surface area contributed by atoms with E-state index in [2.05, 4.69) is 11.4 Å². The smallest absolute Gasteiger partial charge is 0.246 e. The number of nitrogens with one attached hydrogen (secondary N) is 1. The molecule has 0 atom stereocenters. The van der Waals surface area contributed by atoms with Crippen LogP contribution in [0.5, 0.6) is 5.75 Å². The number of anilines is 1. The molecule has 32 heavy (non-hydrogen) atoms. The third-order valence-corrected chi connectivity index (χ3v) is 7.27. The summed E-state index contributed by atoms with van der Waals surface area (Å²) in [6.45, 7) is 4.88. The minimum atomic E-state index is -3.77. The standard InChI is InChI=1S/C23H27N3O5S/c1-23(2,16-24)18-5-7-19(8-6-18)25-22(27)15-17-4-9-20(30-3)21(14-17)32(28,29)26-10-12-31-13-11-26/h4-9,14H,10-13,15H2,1-3H3,(H,25,27). The highest BCUT2D eigenvalue weighted by molar-refractivity contribution is 7.89. The number of nitrogens with zero attached hydrogens (tertiary/aromatic N) is 2. The van der Waals surface area contributed by atoms with E-state index in [0.717, 1.165) is 5.56 Å². The number of benzene rings is 2. The normalized spacial score (nSPS) is 15.1. The molecule has 2 aromatic carbocycles. The van der Waals surface area contributed by atoms with Crippen LogP contribution in [0.4, 0.5) is 5.69 Å². The quantitative estimate of drug-likeness (QED) is 0.685. The number of rotatable bonds is 7. The van der Waals surface area contributed by atoms with Crippen LogP contribution in [0.3, 0.4) is 0 Å². The van der Waals surface area contributed by atoms with Crippen LogP contribution in [-0.4, -0.2) is 52.0 Å². The van der Waals surface area contributed by atoms with Gasteiger partial charge in [0.15, 0.2) is 0 Å². The number of hydrogen-bond acceptors (Lipinski definition) is 6. The van der Waals surface area contributed by atoms with Crippen molar-refractivity contribution in [3.05, 3.63) is 53.6 Å². The molecule has 0 bridgehead atoms. The Morgan fingerprint density at radius 2 is 1.84 bits per heavy atom. The van der Waals surface area contributed by atoms with E-state index in [-0.39, 0.29) is 36.1 Å². The van der Waals surface area contributed by atoms with Crippen molar-refractivity contribution in [1.82, 2.24) is 4.31 Å². The molecule has 0 spiro atoms. The van der Waals surface area contributed by atoms with E-state index in [1.165, 1.54) is 17.5 Å². The van der Waals surface area contributed by atoms with Gasteiger partial charge in [-0.1, -0.05) is 18.2 Å². The number of sulfonamides is 1. The molecule has 0 aliphatic carbocycles. The van der Waals surface area contributed by atoms with Gasteiger partial charge in [0.1, 0.15) is 10.6 Å². The second-order valence-electron chi connectivity index (χ2n) is 8.04. The van der Waals surface area contributed by atoms with Crippen molar-refractivity contribution in [2.45, 2.75) is 30.6 Å². The van der Waals surface area contributed by atoms with Gasteiger partial charge in [-0.05, 0) is 49.2 Å². The lowest BCUT2D eigenvalue weighted by Crippen LogP contribution is -2.40. The van der Waals surface area contributed by atoms with E-state index in [1.807, 2.05) is 13.8 Å². The summed E-state index contributed by atoms with van der Waals surface area (Å²) in [4.78, 5) is 12.6. The zero-order chi connectivity index (χ0) is 23.4. The van der Waals surface area contributed by atoms with Crippen molar-refractivity contribution in [2.24, 2.45) is 0 Å². The Kier molecular flexibility index (Phi) is 7.19. The van der Waals surface area contributed by atoms with Crippen LogP contribution in [0, 0.1) is 11.3 Å². The fourth-order valence-electron chi connectivity index (χ4n) is 3.38. The lowest BCUT2D eigenvalue weighted by Gasteiger charge is -2.26. The number of amides is 1. The maximum Gasteiger partial charge on any atom is 0.246 e. The summed E-state index contributed by atoms with van der Waals surface area (Å²) in [5.41, 5.74) is 1.39. The van der Waals surface area contributed by atoms with Crippen LogP contribution in [-0.2, 0) is 31.4 Å². The molecule has 1 N–H and O–H groups in total. The van der Waals surface area contributed by atoms with Crippen LogP contribution in [0.1, 0.15) is 25.0 Å². The first-order chi connectivity index (χ1) is 15.2. The minimum absolute atomic E-state index is 0.00106. The number of methoxy groups -OCH3 is 1. The molecule has 9 heteroatoms. The Morgan fingerprint density at radius 3 is 2.44 bits per heavy atom. The third kappa shape index (κ3) is 5.27. The zero-order valence-electron chi connectivity index (χ0n) is 18.4. The molecule has 1 saturated heterocycles. The van der Waals surface area contributed by atoms with Gasteiger partial charge in [0.2, 0.25) is 15.9 Å². The van der Waals surface area contributed by atoms with E-state index < -0.39 is 15.4 Å². The second-order valence-corrected chi connectivity index (χ2v) is 9.95. The molecule has 1 fully saturated rings. The molecule has 0 unspecified atom stereocenters. The maximum atomic E-state index is 13.1. The maximum absolute atomic E-state index is 13.1. The topological polar surface area (TPSA) is 109 Å². The Labute approximate surface area is 188 Å². The van der Waals surface area contributed by atoms with Crippen molar-refractivity contribution in [3.8, 4) is 11.8 Å². The highest BCUT2D eigenvalue weighted by atomic mass is 32.2. The molecule has 0 aromatic heterocycles. The van der Waals surface area contributed by atoms with Crippen molar-refractivity contribution in [2.75, 3.05) is 38.7 Å². The highest BCUT2D eigenvalue weighted by Gasteiger charge is 2.29. The predicted octanol–water partition coefficient (Wildman–Crippen LogP) is 2.70. The number of carbonyl (C=O) groups is 1. The summed E-state index contributed by atoms with van der Waals surface area (Å²) in [6.07, 6.45) is 0.00106. The monoisotopic (exact) mass is 457 g/mol. The first-order valence-corrected chi connectivity index (χ1v) is 11.7. The van der Waals surface area contributed by atoms with Gasteiger partial charge in [-0.2, -0.15) is 9.57 Å². The first-order valence-electron chi connectivity index (χ1n) is 10.2. The van der Waals surface area contributed by atoms with Gasteiger partial charge in [0, 0.05) is 18.8 Å². The van der Waals surface area contributed by atoms with Crippen molar-refractivity contribution >= 4 is 21.6 Å². The summed E-state index contributed by atoms with van der Waals surface area (Å²) in [7, 11) is -2.36. The van der Waals surface area contributed by atoms with Crippen LogP contribution < -0.4 is 10.1 Å². The molecule has 3 rings (SSSR count). The van der Waals surface area contributed by atoms with Gasteiger partial charge in [-0.3, -0.25) is 4.79 Å². The fraction of sp³-hybridized carbons (Fsp3) is 0.391. The van der Waals surface area contributed by atoms with Crippen molar-refractivity contribution < 1.29 is 22.7 Å². The lowest BCUT2D eigenvalue weighted by molar-refractivity contribution is -0.115. The van der Waals surface area contributed by atoms with Gasteiger partial charge in [0.25, 0.3) is 0 Å². The van der Waals surface area contributed by atoms with Crippen LogP contribution in [0.15, 0.2) is 47.4 Å². The third-order valence-electron chi connectivity index (χ3n) is 5.35. The SMILES string of the molecule is COc1ccc(CC(=O)Nc2ccc(C(C)(C)C#N)cc2)cc1S(=O)(=O)N1CCOCC1. The Bertz CT molecular complexity index is 1120. The zero-order valence-corrected chi connectivity index (χ0v) is 19.2. The van der Waals surface area contributed by atoms with Crippen molar-refractivity contribution in [1.29, 1.82) is 5.26 Å². The van der Waals surface area contributed by atoms with Gasteiger partial charge >= 0.3 is 0 Å². The fourth-order valence-corrected chi connectivity index (χ4v) is 5.00. The van der Waals surface area contributed by atoms with E-state index in [4.69, 9.17) is 9.47 Å². The Balaban J connectivity index is 1.75. The number of hydrogen-bond donors (Lipinski definition) is 1. The molecule has 0 radical (unpaired) electrons. The lowest BCUT2D eigenvalue weighted by atomic mass is 9.86. The minimum Gasteiger partial charge on any atom is -0.495 e. The predicted molar refractivity (Wildman–Crippen MR) is 120 cm³/mol. The molecule has 1 aliphatic heterocycles. The number of nitriles is 1. The van der Waals surface area contributed by atoms with E-state index in [1.54, 1.807) is 36.4 Å². The highest BCUT2D eigenvalue weighted by Crippen LogP contribution is 2.29. The van der Waals surface area contributed by atoms with Gasteiger partial charge in [-0.15, -0.1) is 0 Å². The first kappa shape index (κ1) is 23.7. The molecule has 1 heterocycles. The van der Waals surface area contributed by atoms with Crippen LogP contribution >= 0.6 is 0 Å². The Hall–Kier alpha value is -2.93. The van der Waals surface area contributed by atoms with E-state index >= 15 is 0 Å². The molecule has 0 saturated carbocycles. The van der Waals surface area contributed by atoms with Crippen LogP contribution in [0.25, 0.3) is 0 Å². The summed E-state index contributed by atoms with van der Waals surface area (Å²) in [5.74, 6) is -0.0477. The molecule has 170 valence electrons. The average Bonchev–Trinajstić information content (AvgIpc) is 2.80. The van der Waals surface area contributed by atoms with Crippen molar-refractivity contribution in [3.63, 3.8) is 0 Å². The number of morpholine rings is 1. The molecular formula is C23H27N3O5S. The molecular weight excluding hydrogens is 430 g/mol. The van der Waals surface area contributed by atoms with Gasteiger partial charge in [-0.25, -0.2) is 8.42 Å². The molecule has 2 aromatic rings. The average molecular weight is 458 g/mol. The number of carbonyl (C=O) groups excluding carboxylic acids is 1. The summed E-state index contributed by atoms with van der Waals surface area (Å²) in [5, 5.41) is 12.1. The summed E-state index contributed by atoms with van der Waals surface area (Å²) in [6, 6.07) is 14.1. The van der Waals surface area contributed by atoms with E-state index in [0.29, 0.717) is 24.5 Å². The summed E-state index contributed by atoms with van der Waals surface area (Å²) >= 11 is 0. The number of ether oxygens (including phenoxy) is 2.